The zero-order valence-electron chi connectivity index (χ0n) is 9.25. The Labute approximate surface area is 96.9 Å². The van der Waals surface area contributed by atoms with E-state index in [1.807, 2.05) is 0 Å². The summed E-state index contributed by atoms with van der Waals surface area (Å²) in [4.78, 5) is 0. The van der Waals surface area contributed by atoms with E-state index in [4.69, 9.17) is 5.11 Å². The summed E-state index contributed by atoms with van der Waals surface area (Å²) in [5.41, 5.74) is 0.655. The molecule has 0 saturated carbocycles. The van der Waals surface area contributed by atoms with E-state index in [0.717, 1.165) is 0 Å². The lowest BCUT2D eigenvalue weighted by Gasteiger charge is -2.15. The largest absolute Gasteiger partial charge is 0.504 e. The highest BCUT2D eigenvalue weighted by Gasteiger charge is 2.27. The summed E-state index contributed by atoms with van der Waals surface area (Å²) in [5.74, 6) is -0.518. The lowest BCUT2D eigenvalue weighted by atomic mass is 10.1. The number of benzene rings is 1. The molecule has 0 radical (unpaired) electrons. The summed E-state index contributed by atoms with van der Waals surface area (Å²) < 4.78 is 35.8. The molecule has 0 aliphatic rings. The first-order chi connectivity index (χ1) is 7.78. The highest BCUT2D eigenvalue weighted by molar-refractivity contribution is 5.40. The van der Waals surface area contributed by atoms with Crippen LogP contribution in [0.4, 0.5) is 13.2 Å². The number of alkyl halides is 3. The molecule has 1 atom stereocenters. The summed E-state index contributed by atoms with van der Waals surface area (Å²) in [6.07, 6.45) is -3.89. The topological polar surface area (TPSA) is 52.5 Å². The van der Waals surface area contributed by atoms with Crippen LogP contribution in [0.2, 0.25) is 0 Å². The van der Waals surface area contributed by atoms with E-state index in [-0.39, 0.29) is 17.5 Å². The maximum Gasteiger partial charge on any atom is 0.401 e. The van der Waals surface area contributed by atoms with E-state index in [9.17, 15) is 18.3 Å². The summed E-state index contributed by atoms with van der Waals surface area (Å²) in [5, 5.41) is 20.6. The molecule has 0 fully saturated rings. The molecule has 1 aromatic carbocycles. The van der Waals surface area contributed by atoms with E-state index < -0.39 is 12.7 Å². The fraction of sp³-hybridized carbons (Fsp3) is 0.455. The normalized spacial score (nSPS) is 13.6. The summed E-state index contributed by atoms with van der Waals surface area (Å²) in [6, 6.07) is 3.82. The van der Waals surface area contributed by atoms with Gasteiger partial charge in [-0.15, -0.1) is 0 Å². The van der Waals surface area contributed by atoms with Crippen molar-refractivity contribution in [2.24, 2.45) is 0 Å². The molecular weight excluding hydrogens is 235 g/mol. The molecular formula is C11H14F3NO2. The van der Waals surface area contributed by atoms with E-state index in [2.05, 4.69) is 5.32 Å². The molecule has 17 heavy (non-hydrogen) atoms. The molecule has 1 rings (SSSR count). The Kier molecular flexibility index (Phi) is 4.22. The van der Waals surface area contributed by atoms with Gasteiger partial charge in [-0.25, -0.2) is 0 Å². The zero-order valence-corrected chi connectivity index (χ0v) is 9.25. The minimum atomic E-state index is -4.23. The summed E-state index contributed by atoms with van der Waals surface area (Å²) in [6.45, 7) is 0.577. The van der Waals surface area contributed by atoms with Crippen LogP contribution in [0.15, 0.2) is 18.2 Å². The smallest absolute Gasteiger partial charge is 0.401 e. The Balaban J connectivity index is 2.50. The van der Waals surface area contributed by atoms with Crippen molar-refractivity contribution in [1.82, 2.24) is 5.32 Å². The van der Waals surface area contributed by atoms with Gasteiger partial charge in [-0.05, 0) is 31.0 Å². The zero-order chi connectivity index (χ0) is 13.1. The number of aromatic hydroxyl groups is 2. The molecule has 0 spiro atoms. The van der Waals surface area contributed by atoms with Crippen molar-refractivity contribution in [1.29, 1.82) is 0 Å². The molecule has 1 unspecified atom stereocenters. The molecule has 0 heterocycles. The maximum absolute atomic E-state index is 11.9. The average Bonchev–Trinajstić information content (AvgIpc) is 2.20. The Morgan fingerprint density at radius 1 is 1.24 bits per heavy atom. The number of hydrogen-bond donors (Lipinski definition) is 3. The predicted molar refractivity (Wildman–Crippen MR) is 57.0 cm³/mol. The van der Waals surface area contributed by atoms with E-state index >= 15 is 0 Å². The minimum absolute atomic E-state index is 0.246. The highest BCUT2D eigenvalue weighted by Crippen LogP contribution is 2.25. The first kappa shape index (κ1) is 13.6. The standard InChI is InChI=1S/C11H14F3NO2/c1-7(15-6-11(12,13)14)4-8-2-3-9(16)10(17)5-8/h2-3,5,7,15-17H,4,6H2,1H3. The maximum atomic E-state index is 11.9. The van der Waals surface area contributed by atoms with Crippen molar-refractivity contribution in [2.45, 2.75) is 25.6 Å². The van der Waals surface area contributed by atoms with Gasteiger partial charge in [-0.2, -0.15) is 13.2 Å². The number of halogens is 3. The molecule has 0 saturated heterocycles. The Morgan fingerprint density at radius 3 is 2.41 bits per heavy atom. The minimum Gasteiger partial charge on any atom is -0.504 e. The third-order valence-corrected chi connectivity index (χ3v) is 2.23. The second-order valence-corrected chi connectivity index (χ2v) is 3.92. The van der Waals surface area contributed by atoms with Gasteiger partial charge < -0.3 is 15.5 Å². The fourth-order valence-corrected chi connectivity index (χ4v) is 1.41. The fourth-order valence-electron chi connectivity index (χ4n) is 1.41. The van der Waals surface area contributed by atoms with Crippen LogP contribution in [-0.2, 0) is 6.42 Å². The lowest BCUT2D eigenvalue weighted by Crippen LogP contribution is -2.36. The SMILES string of the molecule is CC(Cc1ccc(O)c(O)c1)NCC(F)(F)F. The number of phenols is 2. The third-order valence-electron chi connectivity index (χ3n) is 2.23. The number of phenolic OH excluding ortho intramolecular Hbond substituents is 2. The summed E-state index contributed by atoms with van der Waals surface area (Å²) >= 11 is 0. The number of rotatable bonds is 4. The van der Waals surface area contributed by atoms with Crippen molar-refractivity contribution in [2.75, 3.05) is 6.54 Å². The van der Waals surface area contributed by atoms with Gasteiger partial charge in [0.25, 0.3) is 0 Å². The van der Waals surface area contributed by atoms with Gasteiger partial charge in [0.05, 0.1) is 6.54 Å². The first-order valence-corrected chi connectivity index (χ1v) is 5.09. The van der Waals surface area contributed by atoms with Crippen LogP contribution < -0.4 is 5.32 Å². The van der Waals surface area contributed by atoms with E-state index in [0.29, 0.717) is 12.0 Å². The number of hydrogen-bond acceptors (Lipinski definition) is 3. The van der Waals surface area contributed by atoms with Gasteiger partial charge in [-0.3, -0.25) is 0 Å². The quantitative estimate of drug-likeness (QED) is 0.717. The van der Waals surface area contributed by atoms with Crippen LogP contribution >= 0.6 is 0 Å². The van der Waals surface area contributed by atoms with Crippen LogP contribution in [0, 0.1) is 0 Å². The van der Waals surface area contributed by atoms with E-state index in [1.54, 1.807) is 13.0 Å². The molecule has 0 amide bonds. The van der Waals surface area contributed by atoms with Crippen LogP contribution in [0.5, 0.6) is 11.5 Å². The first-order valence-electron chi connectivity index (χ1n) is 5.09. The van der Waals surface area contributed by atoms with Gasteiger partial charge in [-0.1, -0.05) is 6.07 Å². The van der Waals surface area contributed by atoms with Crippen LogP contribution in [0.1, 0.15) is 12.5 Å². The average molecular weight is 249 g/mol. The van der Waals surface area contributed by atoms with Gasteiger partial charge in [0.1, 0.15) is 0 Å². The van der Waals surface area contributed by atoms with Crippen LogP contribution in [-0.4, -0.2) is 29.0 Å². The molecule has 0 bridgehead atoms. The van der Waals surface area contributed by atoms with Crippen molar-refractivity contribution in [3.8, 4) is 11.5 Å². The number of nitrogens with one attached hydrogen (secondary N) is 1. The van der Waals surface area contributed by atoms with Gasteiger partial charge in [0.15, 0.2) is 11.5 Å². The molecule has 3 N–H and O–H groups in total. The molecule has 1 aromatic rings. The van der Waals surface area contributed by atoms with Gasteiger partial charge >= 0.3 is 6.18 Å². The predicted octanol–water partition coefficient (Wildman–Crippen LogP) is 2.18. The molecule has 0 aliphatic carbocycles. The molecule has 96 valence electrons. The van der Waals surface area contributed by atoms with Gasteiger partial charge in [0, 0.05) is 6.04 Å². The molecule has 6 heteroatoms. The molecule has 0 aliphatic heterocycles. The third kappa shape index (κ3) is 4.95. The van der Waals surface area contributed by atoms with Gasteiger partial charge in [0.2, 0.25) is 0 Å². The summed E-state index contributed by atoms with van der Waals surface area (Å²) in [7, 11) is 0. The van der Waals surface area contributed by atoms with Crippen molar-refractivity contribution >= 4 is 0 Å². The Hall–Kier alpha value is -1.43. The van der Waals surface area contributed by atoms with Crippen molar-refractivity contribution in [3.63, 3.8) is 0 Å². The van der Waals surface area contributed by atoms with Crippen molar-refractivity contribution < 1.29 is 23.4 Å². The van der Waals surface area contributed by atoms with Crippen molar-refractivity contribution in [3.05, 3.63) is 23.8 Å². The molecule has 0 aromatic heterocycles. The molecule has 3 nitrogen and oxygen atoms in total. The Morgan fingerprint density at radius 2 is 1.88 bits per heavy atom. The highest BCUT2D eigenvalue weighted by atomic mass is 19.4. The van der Waals surface area contributed by atoms with Crippen LogP contribution in [0.3, 0.4) is 0 Å². The second kappa shape index (κ2) is 5.27. The monoisotopic (exact) mass is 249 g/mol. The lowest BCUT2D eigenvalue weighted by molar-refractivity contribution is -0.126. The van der Waals surface area contributed by atoms with E-state index in [1.165, 1.54) is 12.1 Å². The Bertz CT molecular complexity index is 379. The van der Waals surface area contributed by atoms with Crippen LogP contribution in [0.25, 0.3) is 0 Å². The second-order valence-electron chi connectivity index (χ2n) is 3.92.